The van der Waals surface area contributed by atoms with Crippen molar-refractivity contribution < 1.29 is 24.2 Å². The van der Waals surface area contributed by atoms with Crippen LogP contribution in [-0.2, 0) is 20.7 Å². The van der Waals surface area contributed by atoms with Gasteiger partial charge in [0.05, 0.1) is 26.2 Å². The zero-order valence-corrected chi connectivity index (χ0v) is 15.0. The molecule has 2 aromatic rings. The van der Waals surface area contributed by atoms with Gasteiger partial charge < -0.3 is 25.2 Å². The van der Waals surface area contributed by atoms with E-state index in [0.717, 1.165) is 11.3 Å². The Morgan fingerprint density at radius 1 is 1.26 bits per heavy atom. The molecule has 27 heavy (non-hydrogen) atoms. The lowest BCUT2D eigenvalue weighted by molar-refractivity contribution is -0.133. The normalized spacial score (nSPS) is 17.7. The van der Waals surface area contributed by atoms with Gasteiger partial charge in [0.1, 0.15) is 18.5 Å². The van der Waals surface area contributed by atoms with Gasteiger partial charge in [-0.2, -0.15) is 0 Å². The summed E-state index contributed by atoms with van der Waals surface area (Å²) in [6, 6.07) is 13.7. The maximum atomic E-state index is 12.2. The maximum absolute atomic E-state index is 12.2. The first-order valence-corrected chi connectivity index (χ1v) is 8.63. The number of benzene rings is 2. The Kier molecular flexibility index (Phi) is 6.05. The molecule has 2 aromatic carbocycles. The van der Waals surface area contributed by atoms with Gasteiger partial charge in [0.15, 0.2) is 0 Å². The Hall–Kier alpha value is -2.90. The minimum Gasteiger partial charge on any atom is -0.497 e. The van der Waals surface area contributed by atoms with Crippen LogP contribution in [-0.4, -0.2) is 43.3 Å². The van der Waals surface area contributed by atoms with Crippen LogP contribution >= 0.6 is 0 Å². The van der Waals surface area contributed by atoms with Crippen LogP contribution in [0.3, 0.4) is 0 Å². The van der Waals surface area contributed by atoms with Gasteiger partial charge in [0.2, 0.25) is 11.8 Å². The zero-order chi connectivity index (χ0) is 19.2. The van der Waals surface area contributed by atoms with E-state index < -0.39 is 12.1 Å². The number of hydrogen-bond acceptors (Lipinski definition) is 5. The number of rotatable bonds is 6. The van der Waals surface area contributed by atoms with Gasteiger partial charge in [-0.05, 0) is 35.4 Å². The lowest BCUT2D eigenvalue weighted by atomic mass is 10.0. The zero-order valence-electron chi connectivity index (χ0n) is 15.0. The molecule has 142 valence electrons. The van der Waals surface area contributed by atoms with Crippen LogP contribution in [0.1, 0.15) is 17.2 Å². The van der Waals surface area contributed by atoms with Crippen molar-refractivity contribution in [2.45, 2.75) is 18.6 Å². The predicted molar refractivity (Wildman–Crippen MR) is 99.5 cm³/mol. The van der Waals surface area contributed by atoms with Gasteiger partial charge in [-0.1, -0.05) is 24.3 Å². The molecular formula is C20H22N2O5. The average molecular weight is 370 g/mol. The first-order chi connectivity index (χ1) is 13.0. The van der Waals surface area contributed by atoms with Crippen molar-refractivity contribution in [3.8, 4) is 5.75 Å². The number of morpholine rings is 1. The van der Waals surface area contributed by atoms with Gasteiger partial charge in [0.25, 0.3) is 0 Å². The number of ether oxygens (including phenoxy) is 2. The van der Waals surface area contributed by atoms with Crippen molar-refractivity contribution in [2.24, 2.45) is 0 Å². The highest BCUT2D eigenvalue weighted by Crippen LogP contribution is 2.21. The van der Waals surface area contributed by atoms with Gasteiger partial charge in [-0.15, -0.1) is 0 Å². The summed E-state index contributed by atoms with van der Waals surface area (Å²) in [5.41, 5.74) is 2.15. The first kappa shape index (κ1) is 18.9. The van der Waals surface area contributed by atoms with Gasteiger partial charge in [0, 0.05) is 5.69 Å². The molecule has 1 saturated heterocycles. The Morgan fingerprint density at radius 3 is 2.59 bits per heavy atom. The van der Waals surface area contributed by atoms with Crippen LogP contribution in [0, 0.1) is 0 Å². The van der Waals surface area contributed by atoms with Crippen LogP contribution in [0.5, 0.6) is 5.75 Å². The quantitative estimate of drug-likeness (QED) is 0.715. The molecule has 7 heteroatoms. The monoisotopic (exact) mass is 370 g/mol. The van der Waals surface area contributed by atoms with Crippen molar-refractivity contribution in [2.75, 3.05) is 25.6 Å². The number of carbonyl (C=O) groups excluding carboxylic acids is 2. The number of hydrogen-bond donors (Lipinski definition) is 3. The highest BCUT2D eigenvalue weighted by Gasteiger charge is 2.26. The van der Waals surface area contributed by atoms with Crippen LogP contribution in [0.2, 0.25) is 0 Å². The predicted octanol–water partition coefficient (Wildman–Crippen LogP) is 1.42. The summed E-state index contributed by atoms with van der Waals surface area (Å²) < 4.78 is 10.2. The molecule has 2 atom stereocenters. The molecule has 0 radical (unpaired) electrons. The second-order valence-corrected chi connectivity index (χ2v) is 6.33. The van der Waals surface area contributed by atoms with E-state index in [-0.39, 0.29) is 31.4 Å². The minimum absolute atomic E-state index is 0.0163. The summed E-state index contributed by atoms with van der Waals surface area (Å²) in [5.74, 6) is 0.363. The summed E-state index contributed by atoms with van der Waals surface area (Å²) in [7, 11) is 1.59. The molecule has 0 aliphatic carbocycles. The van der Waals surface area contributed by atoms with Gasteiger partial charge in [-0.3, -0.25) is 9.59 Å². The lowest BCUT2D eigenvalue weighted by Crippen LogP contribution is -2.48. The fourth-order valence-corrected chi connectivity index (χ4v) is 2.87. The number of amides is 2. The van der Waals surface area contributed by atoms with Crippen LogP contribution in [0.25, 0.3) is 0 Å². The molecule has 0 saturated carbocycles. The summed E-state index contributed by atoms with van der Waals surface area (Å²) >= 11 is 0. The first-order valence-electron chi connectivity index (χ1n) is 8.63. The molecule has 0 bridgehead atoms. The molecule has 7 nitrogen and oxygen atoms in total. The molecule has 3 rings (SSSR count). The molecular weight excluding hydrogens is 348 g/mol. The molecule has 1 heterocycles. The van der Waals surface area contributed by atoms with Gasteiger partial charge in [-0.25, -0.2) is 0 Å². The Bertz CT molecular complexity index is 789. The number of nitrogens with one attached hydrogen (secondary N) is 2. The molecule has 2 unspecified atom stereocenters. The van der Waals surface area contributed by atoms with Crippen LogP contribution in [0.15, 0.2) is 48.5 Å². The fourth-order valence-electron chi connectivity index (χ4n) is 2.87. The van der Waals surface area contributed by atoms with Crippen LogP contribution < -0.4 is 15.4 Å². The molecule has 3 N–H and O–H groups in total. The van der Waals surface area contributed by atoms with E-state index in [2.05, 4.69) is 10.6 Å². The third-order valence-corrected chi connectivity index (χ3v) is 4.32. The SMILES string of the molecule is COc1ccc(CC(=O)Nc2ccc(C(O)C3COCC(=O)N3)cc2)cc1. The van der Waals surface area contributed by atoms with E-state index >= 15 is 0 Å². The van der Waals surface area contributed by atoms with Crippen molar-refractivity contribution in [3.63, 3.8) is 0 Å². The highest BCUT2D eigenvalue weighted by atomic mass is 16.5. The maximum Gasteiger partial charge on any atom is 0.246 e. The number of anilines is 1. The summed E-state index contributed by atoms with van der Waals surface area (Å²) in [4.78, 5) is 23.6. The Morgan fingerprint density at radius 2 is 1.96 bits per heavy atom. The average Bonchev–Trinajstić information content (AvgIpc) is 2.68. The summed E-state index contributed by atoms with van der Waals surface area (Å²) in [6.07, 6.45) is -0.627. The lowest BCUT2D eigenvalue weighted by Gasteiger charge is -2.28. The van der Waals surface area contributed by atoms with Gasteiger partial charge >= 0.3 is 0 Å². The van der Waals surface area contributed by atoms with Crippen molar-refractivity contribution in [3.05, 3.63) is 59.7 Å². The number of carbonyl (C=O) groups is 2. The largest absolute Gasteiger partial charge is 0.497 e. The number of aliphatic hydroxyl groups is 1. The second kappa shape index (κ2) is 8.66. The number of aliphatic hydroxyl groups excluding tert-OH is 1. The molecule has 1 aliphatic rings. The standard InChI is InChI=1S/C20H22N2O5/c1-26-16-8-2-13(3-9-16)10-18(23)21-15-6-4-14(5-7-15)20(25)17-11-27-12-19(24)22-17/h2-9,17,20,25H,10-12H2,1H3,(H,21,23)(H,22,24). The molecule has 1 aliphatic heterocycles. The van der Waals surface area contributed by atoms with E-state index in [4.69, 9.17) is 9.47 Å². The minimum atomic E-state index is -0.877. The third kappa shape index (κ3) is 5.06. The smallest absolute Gasteiger partial charge is 0.246 e. The van der Waals surface area contributed by atoms with Crippen LogP contribution in [0.4, 0.5) is 5.69 Å². The van der Waals surface area contributed by atoms with E-state index in [9.17, 15) is 14.7 Å². The number of methoxy groups -OCH3 is 1. The van der Waals surface area contributed by atoms with Crippen molar-refractivity contribution >= 4 is 17.5 Å². The molecule has 0 spiro atoms. The fraction of sp³-hybridized carbons (Fsp3) is 0.300. The second-order valence-electron chi connectivity index (χ2n) is 6.33. The van der Waals surface area contributed by atoms with E-state index in [1.54, 1.807) is 31.4 Å². The molecule has 1 fully saturated rings. The summed E-state index contributed by atoms with van der Waals surface area (Å²) in [5, 5.41) is 15.9. The summed E-state index contributed by atoms with van der Waals surface area (Å²) in [6.45, 7) is 0.273. The van der Waals surface area contributed by atoms with Crippen molar-refractivity contribution in [1.29, 1.82) is 0 Å². The third-order valence-electron chi connectivity index (χ3n) is 4.32. The van der Waals surface area contributed by atoms with E-state index in [1.165, 1.54) is 0 Å². The molecule has 0 aromatic heterocycles. The van der Waals surface area contributed by atoms with E-state index in [0.29, 0.717) is 11.3 Å². The Balaban J connectivity index is 1.56. The highest BCUT2D eigenvalue weighted by molar-refractivity contribution is 5.92. The molecule has 2 amide bonds. The Labute approximate surface area is 157 Å². The van der Waals surface area contributed by atoms with E-state index in [1.807, 2.05) is 24.3 Å². The topological polar surface area (TPSA) is 96.9 Å². The van der Waals surface area contributed by atoms with Crippen molar-refractivity contribution in [1.82, 2.24) is 5.32 Å².